The van der Waals surface area contributed by atoms with Gasteiger partial charge in [-0.1, -0.05) is 13.0 Å². The van der Waals surface area contributed by atoms with E-state index in [1.807, 2.05) is 12.1 Å². The molecule has 1 amide bonds. The lowest BCUT2D eigenvalue weighted by Gasteiger charge is -2.53. The highest BCUT2D eigenvalue weighted by molar-refractivity contribution is 5.76. The number of aromatic hydroxyl groups is 1. The highest BCUT2D eigenvalue weighted by atomic mass is 19.4. The first-order chi connectivity index (χ1) is 25.3. The van der Waals surface area contributed by atoms with Crippen molar-refractivity contribution in [3.8, 4) is 11.6 Å². The first-order valence-electron chi connectivity index (χ1n) is 19.5. The number of fused-ring (bicyclic) bond motifs is 5. The summed E-state index contributed by atoms with van der Waals surface area (Å²) >= 11 is 0. The Morgan fingerprint density at radius 1 is 1.09 bits per heavy atom. The first-order valence-corrected chi connectivity index (χ1v) is 19.5. The predicted molar refractivity (Wildman–Crippen MR) is 190 cm³/mol. The number of nitrogen functional groups attached to an aromatic ring is 1. The van der Waals surface area contributed by atoms with Crippen molar-refractivity contribution in [1.82, 2.24) is 20.6 Å². The van der Waals surface area contributed by atoms with Crippen LogP contribution in [0.25, 0.3) is 0 Å². The fraction of sp³-hybridized carbons (Fsp3) is 0.718. The van der Waals surface area contributed by atoms with Crippen molar-refractivity contribution < 1.29 is 42.8 Å². The average molecular weight is 746 g/mol. The van der Waals surface area contributed by atoms with Crippen molar-refractivity contribution in [2.45, 2.75) is 139 Å². The standard InChI is InChI=1S/C39H54F3N5O6/c1-38-14-12-27-26-9-8-25(48)18-22(26)17-21(34(27)28(38)10-11-32(38)49)3-2-15-44-23-4-6-24(7-5-23)46-33(50)19-30-35(51)29(13-16-52-30)53-37-36(43)47-31(20-45-37)39(40,41)42/h8-9,18,20-21,23-24,27-30,32,34-35,44,48-49,51H,2-7,10-17,19H2,1H3,(H2,43,47)(H,46,50)/t21?,23?,24?,27?,28?,29-,30-,32+,34?,35-,38+/m1/s1. The summed E-state index contributed by atoms with van der Waals surface area (Å²) in [6.45, 7) is 3.43. The molecule has 7 rings (SSSR count). The van der Waals surface area contributed by atoms with Crippen LogP contribution < -0.4 is 21.1 Å². The third-order valence-corrected chi connectivity index (χ3v) is 13.3. The van der Waals surface area contributed by atoms with Gasteiger partial charge in [0.05, 0.1) is 31.4 Å². The van der Waals surface area contributed by atoms with Gasteiger partial charge >= 0.3 is 6.18 Å². The van der Waals surface area contributed by atoms with E-state index in [1.54, 1.807) is 0 Å². The lowest BCUT2D eigenvalue weighted by atomic mass is 9.52. The number of amides is 1. The summed E-state index contributed by atoms with van der Waals surface area (Å²) in [7, 11) is 0. The number of nitrogens with zero attached hydrogens (tertiary/aromatic N) is 2. The van der Waals surface area contributed by atoms with Gasteiger partial charge in [0.15, 0.2) is 11.5 Å². The lowest BCUT2D eigenvalue weighted by Crippen LogP contribution is -2.50. The van der Waals surface area contributed by atoms with Crippen molar-refractivity contribution in [2.24, 2.45) is 23.2 Å². The zero-order chi connectivity index (χ0) is 37.5. The molecule has 1 saturated heterocycles. The lowest BCUT2D eigenvalue weighted by molar-refractivity contribution is -0.144. The summed E-state index contributed by atoms with van der Waals surface area (Å²) < 4.78 is 50.1. The smallest absolute Gasteiger partial charge is 0.434 e. The van der Waals surface area contributed by atoms with Crippen molar-refractivity contribution in [2.75, 3.05) is 18.9 Å². The first kappa shape index (κ1) is 38.1. The third-order valence-electron chi connectivity index (χ3n) is 13.3. The van der Waals surface area contributed by atoms with Crippen LogP contribution in [0.2, 0.25) is 0 Å². The van der Waals surface area contributed by atoms with Gasteiger partial charge in [0, 0.05) is 18.5 Å². The van der Waals surface area contributed by atoms with E-state index in [0.29, 0.717) is 41.7 Å². The normalized spacial score (nSPS) is 35.5. The molecule has 11 nitrogen and oxygen atoms in total. The van der Waals surface area contributed by atoms with E-state index in [9.17, 15) is 33.3 Å². The highest BCUT2D eigenvalue weighted by Crippen LogP contribution is 2.62. The number of carbonyl (C=O) groups excluding carboxylic acids is 1. The molecule has 0 bridgehead atoms. The Morgan fingerprint density at radius 3 is 2.62 bits per heavy atom. The molecule has 0 spiro atoms. The zero-order valence-electron chi connectivity index (χ0n) is 30.4. The van der Waals surface area contributed by atoms with E-state index in [1.165, 1.54) is 11.1 Å². The van der Waals surface area contributed by atoms with Gasteiger partial charge in [0.1, 0.15) is 18.0 Å². The monoisotopic (exact) mass is 745 g/mol. The molecular formula is C39H54F3N5O6. The Kier molecular flexibility index (Phi) is 11.1. The number of hydrogen-bond acceptors (Lipinski definition) is 10. The van der Waals surface area contributed by atoms with Crippen LogP contribution in [0.1, 0.15) is 107 Å². The second-order valence-corrected chi connectivity index (χ2v) is 16.5. The molecule has 2 heterocycles. The molecule has 3 saturated carbocycles. The molecule has 1 aromatic carbocycles. The van der Waals surface area contributed by atoms with Crippen LogP contribution in [0.3, 0.4) is 0 Å². The molecule has 4 fully saturated rings. The van der Waals surface area contributed by atoms with Crippen molar-refractivity contribution in [3.63, 3.8) is 0 Å². The summed E-state index contributed by atoms with van der Waals surface area (Å²) in [5.41, 5.74) is 7.11. The molecule has 53 heavy (non-hydrogen) atoms. The van der Waals surface area contributed by atoms with E-state index in [2.05, 4.69) is 33.6 Å². The number of phenolic OH excluding ortho intramolecular Hbond substituents is 1. The van der Waals surface area contributed by atoms with E-state index in [4.69, 9.17) is 15.2 Å². The van der Waals surface area contributed by atoms with Crippen LogP contribution >= 0.6 is 0 Å². The van der Waals surface area contributed by atoms with Gasteiger partial charge in [-0.05, 0) is 130 Å². The van der Waals surface area contributed by atoms with Gasteiger partial charge in [0.25, 0.3) is 5.88 Å². The molecule has 4 aliphatic carbocycles. The maximum Gasteiger partial charge on any atom is 0.434 e. The number of aliphatic hydroxyl groups excluding tert-OH is 2. The van der Waals surface area contributed by atoms with E-state index in [-0.39, 0.29) is 48.8 Å². The molecule has 292 valence electrons. The molecule has 9 atom stereocenters. The van der Waals surface area contributed by atoms with Crippen LogP contribution in [-0.4, -0.2) is 80.8 Å². The molecule has 5 aliphatic rings. The van der Waals surface area contributed by atoms with Crippen LogP contribution in [0.4, 0.5) is 19.0 Å². The number of carbonyl (C=O) groups is 1. The molecule has 4 unspecified atom stereocenters. The van der Waals surface area contributed by atoms with Gasteiger partial charge in [-0.3, -0.25) is 4.79 Å². The minimum atomic E-state index is -4.70. The molecule has 0 radical (unpaired) electrons. The van der Waals surface area contributed by atoms with Crippen LogP contribution in [0.15, 0.2) is 24.4 Å². The summed E-state index contributed by atoms with van der Waals surface area (Å²) in [6.07, 6.45) is 3.70. The minimum absolute atomic E-state index is 0.00320. The number of aromatic nitrogens is 2. The number of hydrogen-bond donors (Lipinski definition) is 6. The maximum atomic E-state index is 13.0. The Bertz CT molecular complexity index is 1610. The Labute approximate surface area is 308 Å². The molecule has 1 aromatic heterocycles. The number of nitrogens with one attached hydrogen (secondary N) is 2. The van der Waals surface area contributed by atoms with E-state index >= 15 is 0 Å². The zero-order valence-corrected chi connectivity index (χ0v) is 30.4. The fourth-order valence-electron chi connectivity index (χ4n) is 10.5. The van der Waals surface area contributed by atoms with Crippen LogP contribution in [0.5, 0.6) is 11.6 Å². The number of aliphatic hydroxyl groups is 2. The van der Waals surface area contributed by atoms with Crippen molar-refractivity contribution in [3.05, 3.63) is 41.2 Å². The summed E-state index contributed by atoms with van der Waals surface area (Å²) in [5.74, 6) is 1.37. The third kappa shape index (κ3) is 8.11. The fourth-order valence-corrected chi connectivity index (χ4v) is 10.5. The molecule has 1 aliphatic heterocycles. The molecule has 2 aromatic rings. The SMILES string of the molecule is C[C@]12CCC3c4ccc(O)cc4CC(CCCNC4CCC(NC(=O)C[C@H]5OCC[C@@H](Oc6ncc(C(F)(F)F)nc6N)[C@H]5O)CC4)C3C1CC[C@@H]2O. The summed E-state index contributed by atoms with van der Waals surface area (Å²) in [5, 5.41) is 39.0. The van der Waals surface area contributed by atoms with Crippen molar-refractivity contribution in [1.29, 1.82) is 0 Å². The maximum absolute atomic E-state index is 13.0. The minimum Gasteiger partial charge on any atom is -0.508 e. The summed E-state index contributed by atoms with van der Waals surface area (Å²) in [6, 6.07) is 6.36. The van der Waals surface area contributed by atoms with Crippen LogP contribution in [0, 0.1) is 23.2 Å². The van der Waals surface area contributed by atoms with Gasteiger partial charge in [-0.2, -0.15) is 13.2 Å². The number of alkyl halides is 3. The Hall–Kier alpha value is -3.20. The van der Waals surface area contributed by atoms with E-state index < -0.39 is 36.0 Å². The second kappa shape index (κ2) is 15.5. The van der Waals surface area contributed by atoms with Gasteiger partial charge in [-0.25, -0.2) is 9.97 Å². The Morgan fingerprint density at radius 2 is 1.87 bits per heavy atom. The van der Waals surface area contributed by atoms with Gasteiger partial charge in [-0.15, -0.1) is 0 Å². The molecule has 14 heteroatoms. The van der Waals surface area contributed by atoms with Gasteiger partial charge in [0.2, 0.25) is 5.91 Å². The number of benzene rings is 1. The quantitative estimate of drug-likeness (QED) is 0.182. The topological polar surface area (TPSA) is 172 Å². The number of phenols is 1. The highest BCUT2D eigenvalue weighted by Gasteiger charge is 2.56. The van der Waals surface area contributed by atoms with E-state index in [0.717, 1.165) is 77.2 Å². The summed E-state index contributed by atoms with van der Waals surface area (Å²) in [4.78, 5) is 19.9. The number of nitrogens with two attached hydrogens (primary N) is 1. The van der Waals surface area contributed by atoms with Crippen LogP contribution in [-0.2, 0) is 22.1 Å². The number of ether oxygens (including phenoxy) is 2. The number of rotatable bonds is 10. The Balaban J connectivity index is 0.846. The molecule has 7 N–H and O–H groups in total. The number of anilines is 1. The van der Waals surface area contributed by atoms with Gasteiger partial charge < -0.3 is 41.2 Å². The number of halogens is 3. The largest absolute Gasteiger partial charge is 0.508 e. The second-order valence-electron chi connectivity index (χ2n) is 16.5. The predicted octanol–water partition coefficient (Wildman–Crippen LogP) is 5.01. The average Bonchev–Trinajstić information content (AvgIpc) is 3.42. The van der Waals surface area contributed by atoms with Crippen molar-refractivity contribution >= 4 is 11.7 Å². The molecular weight excluding hydrogens is 691 g/mol.